The minimum absolute atomic E-state index is 1.10. The SMILES string of the molecule is c1ccc(-c2cccc(N(c3ccc(-c4ccc5ccccc5c4)cc3)c3cccc(-c4cc5ccc6ccccc6c5c5ccccc45)c3)c2)cc1. The molecule has 0 saturated carbocycles. The van der Waals surface area contributed by atoms with Crippen LogP contribution in [-0.2, 0) is 0 Å². The topological polar surface area (TPSA) is 3.24 Å². The van der Waals surface area contributed by atoms with Gasteiger partial charge in [-0.15, -0.1) is 0 Å². The van der Waals surface area contributed by atoms with Gasteiger partial charge in [-0.05, 0) is 125 Å². The van der Waals surface area contributed by atoms with Crippen LogP contribution in [-0.4, -0.2) is 0 Å². The van der Waals surface area contributed by atoms with Gasteiger partial charge < -0.3 is 4.90 Å². The molecule has 0 atom stereocenters. The lowest BCUT2D eigenvalue weighted by atomic mass is 9.90. The van der Waals surface area contributed by atoms with E-state index in [1.807, 2.05) is 0 Å². The van der Waals surface area contributed by atoms with Gasteiger partial charge in [-0.25, -0.2) is 0 Å². The van der Waals surface area contributed by atoms with E-state index in [1.54, 1.807) is 0 Å². The summed E-state index contributed by atoms with van der Waals surface area (Å²) >= 11 is 0. The standard InChI is InChI=1S/C52H35N/c1-2-12-36(13-3-1)41-17-10-19-46(33-41)53(45-30-28-38(29-31-45)42-26-24-37-14-4-5-16-40(37)32-42)47-20-11-18-43(34-47)51-35-44-27-25-39-15-6-7-21-48(39)52(44)50-23-9-8-22-49(50)51/h1-35H. The molecule has 53 heavy (non-hydrogen) atoms. The monoisotopic (exact) mass is 673 g/mol. The molecular formula is C52H35N. The average Bonchev–Trinajstić information content (AvgIpc) is 3.24. The van der Waals surface area contributed by atoms with Crippen molar-refractivity contribution in [2.75, 3.05) is 4.90 Å². The first-order valence-corrected chi connectivity index (χ1v) is 18.3. The minimum Gasteiger partial charge on any atom is -0.310 e. The van der Waals surface area contributed by atoms with Gasteiger partial charge in [0.25, 0.3) is 0 Å². The third-order valence-corrected chi connectivity index (χ3v) is 10.6. The summed E-state index contributed by atoms with van der Waals surface area (Å²) in [4.78, 5) is 2.39. The third kappa shape index (κ3) is 5.60. The van der Waals surface area contributed by atoms with Crippen LogP contribution in [0.25, 0.3) is 76.5 Å². The van der Waals surface area contributed by atoms with Gasteiger partial charge in [0.15, 0.2) is 0 Å². The maximum Gasteiger partial charge on any atom is 0.0467 e. The highest BCUT2D eigenvalue weighted by molar-refractivity contribution is 6.23. The molecule has 10 aromatic rings. The second kappa shape index (κ2) is 13.0. The van der Waals surface area contributed by atoms with E-state index >= 15 is 0 Å². The van der Waals surface area contributed by atoms with Gasteiger partial charge in [0.05, 0.1) is 0 Å². The van der Waals surface area contributed by atoms with Crippen molar-refractivity contribution < 1.29 is 0 Å². The first-order valence-electron chi connectivity index (χ1n) is 18.3. The zero-order valence-corrected chi connectivity index (χ0v) is 29.2. The summed E-state index contributed by atoms with van der Waals surface area (Å²) in [6.45, 7) is 0. The number of benzene rings is 10. The van der Waals surface area contributed by atoms with Gasteiger partial charge in [0, 0.05) is 17.1 Å². The summed E-state index contributed by atoms with van der Waals surface area (Å²) in [6, 6.07) is 77.3. The molecule has 0 N–H and O–H groups in total. The number of rotatable bonds is 6. The van der Waals surface area contributed by atoms with Gasteiger partial charge in [0.2, 0.25) is 0 Å². The van der Waals surface area contributed by atoms with E-state index in [1.165, 1.54) is 76.5 Å². The number of hydrogen-bond donors (Lipinski definition) is 0. The van der Waals surface area contributed by atoms with E-state index in [-0.39, 0.29) is 0 Å². The zero-order chi connectivity index (χ0) is 35.1. The van der Waals surface area contributed by atoms with Crippen LogP contribution in [0.4, 0.5) is 17.1 Å². The molecule has 248 valence electrons. The first kappa shape index (κ1) is 30.8. The maximum absolute atomic E-state index is 2.39. The minimum atomic E-state index is 1.10. The first-order chi connectivity index (χ1) is 26.3. The summed E-state index contributed by atoms with van der Waals surface area (Å²) in [5, 5.41) is 10.1. The van der Waals surface area contributed by atoms with Crippen LogP contribution in [0.15, 0.2) is 212 Å². The summed E-state index contributed by atoms with van der Waals surface area (Å²) in [6.07, 6.45) is 0. The van der Waals surface area contributed by atoms with Gasteiger partial charge in [-0.1, -0.05) is 164 Å². The second-order valence-electron chi connectivity index (χ2n) is 13.8. The number of nitrogens with zero attached hydrogens (tertiary/aromatic N) is 1. The molecule has 0 fully saturated rings. The van der Waals surface area contributed by atoms with Crippen molar-refractivity contribution in [2.45, 2.75) is 0 Å². The molecule has 0 aliphatic rings. The summed E-state index contributed by atoms with van der Waals surface area (Å²) in [5.74, 6) is 0. The molecule has 10 rings (SSSR count). The molecule has 0 heterocycles. The largest absolute Gasteiger partial charge is 0.310 e. The molecule has 0 amide bonds. The fraction of sp³-hybridized carbons (Fsp3) is 0. The molecule has 0 spiro atoms. The van der Waals surface area contributed by atoms with Crippen LogP contribution in [0, 0.1) is 0 Å². The van der Waals surface area contributed by atoms with Gasteiger partial charge in [-0.2, -0.15) is 0 Å². The second-order valence-corrected chi connectivity index (χ2v) is 13.8. The molecular weight excluding hydrogens is 639 g/mol. The van der Waals surface area contributed by atoms with Crippen LogP contribution < -0.4 is 4.90 Å². The number of fused-ring (bicyclic) bond motifs is 6. The molecule has 0 unspecified atom stereocenters. The van der Waals surface area contributed by atoms with Crippen LogP contribution in [0.1, 0.15) is 0 Å². The number of anilines is 3. The molecule has 10 aromatic carbocycles. The lowest BCUT2D eigenvalue weighted by Crippen LogP contribution is -2.10. The molecule has 0 bridgehead atoms. The molecule has 0 radical (unpaired) electrons. The normalized spacial score (nSPS) is 11.4. The van der Waals surface area contributed by atoms with E-state index in [0.29, 0.717) is 0 Å². The predicted octanol–water partition coefficient (Wildman–Crippen LogP) is 14.8. The van der Waals surface area contributed by atoms with Gasteiger partial charge in [-0.3, -0.25) is 0 Å². The quantitative estimate of drug-likeness (QED) is 0.159. The Morgan fingerprint density at radius 1 is 0.245 bits per heavy atom. The van der Waals surface area contributed by atoms with Crippen LogP contribution >= 0.6 is 0 Å². The Kier molecular flexibility index (Phi) is 7.55. The van der Waals surface area contributed by atoms with Crippen LogP contribution in [0.3, 0.4) is 0 Å². The van der Waals surface area contributed by atoms with Crippen molar-refractivity contribution >= 4 is 60.2 Å². The van der Waals surface area contributed by atoms with Crippen molar-refractivity contribution in [3.8, 4) is 33.4 Å². The molecule has 0 aromatic heterocycles. The van der Waals surface area contributed by atoms with Crippen molar-refractivity contribution in [1.29, 1.82) is 0 Å². The van der Waals surface area contributed by atoms with E-state index in [9.17, 15) is 0 Å². The molecule has 0 aliphatic carbocycles. The summed E-state index contributed by atoms with van der Waals surface area (Å²) in [5.41, 5.74) is 10.5. The van der Waals surface area contributed by atoms with Crippen LogP contribution in [0.5, 0.6) is 0 Å². The van der Waals surface area contributed by atoms with Crippen molar-refractivity contribution in [1.82, 2.24) is 0 Å². The van der Waals surface area contributed by atoms with Gasteiger partial charge in [0.1, 0.15) is 0 Å². The Balaban J connectivity index is 1.13. The summed E-state index contributed by atoms with van der Waals surface area (Å²) < 4.78 is 0. The molecule has 1 heteroatoms. The Hall–Kier alpha value is -6.96. The molecule has 0 saturated heterocycles. The van der Waals surface area contributed by atoms with Crippen molar-refractivity contribution in [2.24, 2.45) is 0 Å². The maximum atomic E-state index is 2.39. The van der Waals surface area contributed by atoms with Crippen LogP contribution in [0.2, 0.25) is 0 Å². The Bertz CT molecular complexity index is 2940. The Morgan fingerprint density at radius 3 is 1.57 bits per heavy atom. The smallest absolute Gasteiger partial charge is 0.0467 e. The highest BCUT2D eigenvalue weighted by Crippen LogP contribution is 2.42. The Morgan fingerprint density at radius 2 is 0.774 bits per heavy atom. The third-order valence-electron chi connectivity index (χ3n) is 10.6. The highest BCUT2D eigenvalue weighted by Gasteiger charge is 2.17. The lowest BCUT2D eigenvalue weighted by molar-refractivity contribution is 1.28. The summed E-state index contributed by atoms with van der Waals surface area (Å²) in [7, 11) is 0. The van der Waals surface area contributed by atoms with E-state index in [0.717, 1.165) is 17.1 Å². The van der Waals surface area contributed by atoms with Gasteiger partial charge >= 0.3 is 0 Å². The lowest BCUT2D eigenvalue weighted by Gasteiger charge is -2.27. The fourth-order valence-corrected chi connectivity index (χ4v) is 8.00. The average molecular weight is 674 g/mol. The highest BCUT2D eigenvalue weighted by atomic mass is 15.1. The number of hydrogen-bond acceptors (Lipinski definition) is 1. The van der Waals surface area contributed by atoms with Crippen molar-refractivity contribution in [3.63, 3.8) is 0 Å². The molecule has 0 aliphatic heterocycles. The predicted molar refractivity (Wildman–Crippen MR) is 227 cm³/mol. The van der Waals surface area contributed by atoms with E-state index in [2.05, 4.69) is 217 Å². The Labute approximate surface area is 309 Å². The van der Waals surface area contributed by atoms with E-state index < -0.39 is 0 Å². The fourth-order valence-electron chi connectivity index (χ4n) is 8.00. The van der Waals surface area contributed by atoms with E-state index in [4.69, 9.17) is 0 Å². The zero-order valence-electron chi connectivity index (χ0n) is 29.2. The molecule has 1 nitrogen and oxygen atoms in total. The van der Waals surface area contributed by atoms with Crippen molar-refractivity contribution in [3.05, 3.63) is 212 Å².